The van der Waals surface area contributed by atoms with E-state index in [1.54, 1.807) is 6.20 Å². The molecule has 1 saturated heterocycles. The van der Waals surface area contributed by atoms with E-state index in [0.717, 1.165) is 27.1 Å². The summed E-state index contributed by atoms with van der Waals surface area (Å²) < 4.78 is 11.3. The summed E-state index contributed by atoms with van der Waals surface area (Å²) >= 11 is 1.54. The molecule has 0 radical (unpaired) electrons. The molecule has 1 aliphatic heterocycles. The number of hydrogen-bond acceptors (Lipinski definition) is 7. The van der Waals surface area contributed by atoms with Crippen molar-refractivity contribution in [1.29, 1.82) is 0 Å². The maximum absolute atomic E-state index is 6.04. The van der Waals surface area contributed by atoms with Crippen LogP contribution in [-0.4, -0.2) is 33.8 Å². The topological polar surface area (TPSA) is 69.2 Å². The zero-order valence-electron chi connectivity index (χ0n) is 14.0. The van der Waals surface area contributed by atoms with Crippen LogP contribution >= 0.6 is 11.3 Å². The minimum absolute atomic E-state index is 0.252. The molecule has 0 amide bonds. The first-order valence-corrected chi connectivity index (χ1v) is 8.81. The fourth-order valence-corrected chi connectivity index (χ4v) is 3.36. The van der Waals surface area contributed by atoms with Gasteiger partial charge in [0.05, 0.1) is 23.8 Å². The molecule has 1 fully saturated rings. The number of nitrogens with zero attached hydrogens (tertiary/aromatic N) is 3. The highest BCUT2D eigenvalue weighted by atomic mass is 32.1. The third-order valence-electron chi connectivity index (χ3n) is 3.76. The molecule has 0 bridgehead atoms. The maximum atomic E-state index is 6.04. The largest absolute Gasteiger partial charge is 0.483 e. The fraction of sp³-hybridized carbons (Fsp3) is 0.278. The second-order valence-electron chi connectivity index (χ2n) is 6.24. The van der Waals surface area contributed by atoms with E-state index < -0.39 is 0 Å². The molecular formula is C18H18N4O2S. The molecule has 6 nitrogen and oxygen atoms in total. The van der Waals surface area contributed by atoms with E-state index in [1.165, 1.54) is 11.3 Å². The second kappa shape index (κ2) is 6.42. The maximum Gasteiger partial charge on any atom is 0.188 e. The number of aryl methyl sites for hydroxylation is 1. The van der Waals surface area contributed by atoms with Gasteiger partial charge in [-0.3, -0.25) is 4.98 Å². The number of thiazole rings is 1. The molecule has 0 unspecified atom stereocenters. The van der Waals surface area contributed by atoms with Crippen LogP contribution in [0.5, 0.6) is 5.75 Å². The van der Waals surface area contributed by atoms with Gasteiger partial charge in [0.25, 0.3) is 0 Å². The number of rotatable bonds is 5. The average molecular weight is 354 g/mol. The van der Waals surface area contributed by atoms with Gasteiger partial charge in [-0.2, -0.15) is 0 Å². The molecule has 0 atom stereocenters. The van der Waals surface area contributed by atoms with Gasteiger partial charge in [-0.15, -0.1) is 0 Å². The number of nitrogens with one attached hydrogen (secondary N) is 1. The second-order valence-corrected chi connectivity index (χ2v) is 7.27. The van der Waals surface area contributed by atoms with Crippen LogP contribution in [0.2, 0.25) is 0 Å². The standard InChI is InChI=1S/C18H18N4O2S/c1-12-7-13(24-18(2)10-23-11-18)8-16(21-12)22-17-20-9-15(25-17)14-5-3-4-6-19-14/h3-9H,10-11H2,1-2H3,(H,20,21,22). The van der Waals surface area contributed by atoms with E-state index in [9.17, 15) is 0 Å². The molecule has 3 aromatic heterocycles. The van der Waals surface area contributed by atoms with Crippen LogP contribution in [0.25, 0.3) is 10.6 Å². The molecule has 128 valence electrons. The van der Waals surface area contributed by atoms with Crippen molar-refractivity contribution < 1.29 is 9.47 Å². The molecule has 1 N–H and O–H groups in total. The highest BCUT2D eigenvalue weighted by Crippen LogP contribution is 2.31. The minimum Gasteiger partial charge on any atom is -0.483 e. The summed E-state index contributed by atoms with van der Waals surface area (Å²) in [6.45, 7) is 5.20. The van der Waals surface area contributed by atoms with Crippen LogP contribution in [0.3, 0.4) is 0 Å². The summed E-state index contributed by atoms with van der Waals surface area (Å²) in [6, 6.07) is 9.64. The van der Waals surface area contributed by atoms with Crippen molar-refractivity contribution in [2.45, 2.75) is 19.4 Å². The van der Waals surface area contributed by atoms with Gasteiger partial charge in [0.2, 0.25) is 0 Å². The molecule has 0 spiro atoms. The summed E-state index contributed by atoms with van der Waals surface area (Å²) in [5.74, 6) is 1.49. The Morgan fingerprint density at radius 2 is 2.12 bits per heavy atom. The van der Waals surface area contributed by atoms with Crippen molar-refractivity contribution in [3.05, 3.63) is 48.4 Å². The SMILES string of the molecule is Cc1cc(OC2(C)COC2)cc(Nc2ncc(-c3ccccn3)s2)n1. The molecule has 4 rings (SSSR count). The monoisotopic (exact) mass is 354 g/mol. The number of ether oxygens (including phenoxy) is 2. The lowest BCUT2D eigenvalue weighted by Crippen LogP contribution is -2.51. The van der Waals surface area contributed by atoms with Crippen LogP contribution in [0.4, 0.5) is 10.9 Å². The van der Waals surface area contributed by atoms with Crippen molar-refractivity contribution in [2.75, 3.05) is 18.5 Å². The van der Waals surface area contributed by atoms with E-state index in [-0.39, 0.29) is 5.60 Å². The zero-order chi connectivity index (χ0) is 17.3. The Kier molecular flexibility index (Phi) is 4.10. The first-order chi connectivity index (χ1) is 12.1. The van der Waals surface area contributed by atoms with E-state index in [4.69, 9.17) is 9.47 Å². The number of aromatic nitrogens is 3. The van der Waals surface area contributed by atoms with Crippen LogP contribution in [0.15, 0.2) is 42.7 Å². The van der Waals surface area contributed by atoms with Gasteiger partial charge in [-0.25, -0.2) is 9.97 Å². The van der Waals surface area contributed by atoms with Crippen molar-refractivity contribution >= 4 is 22.3 Å². The lowest BCUT2D eigenvalue weighted by Gasteiger charge is -2.38. The van der Waals surface area contributed by atoms with Gasteiger partial charge < -0.3 is 14.8 Å². The van der Waals surface area contributed by atoms with E-state index in [1.807, 2.05) is 50.4 Å². The highest BCUT2D eigenvalue weighted by Gasteiger charge is 2.35. The van der Waals surface area contributed by atoms with Gasteiger partial charge in [0.1, 0.15) is 11.6 Å². The van der Waals surface area contributed by atoms with E-state index in [2.05, 4.69) is 20.3 Å². The Morgan fingerprint density at radius 1 is 1.24 bits per heavy atom. The number of hydrogen-bond donors (Lipinski definition) is 1. The summed E-state index contributed by atoms with van der Waals surface area (Å²) in [5, 5.41) is 4.02. The summed E-state index contributed by atoms with van der Waals surface area (Å²) in [5.41, 5.74) is 1.54. The van der Waals surface area contributed by atoms with Gasteiger partial charge in [0, 0.05) is 30.2 Å². The summed E-state index contributed by atoms with van der Waals surface area (Å²) in [7, 11) is 0. The lowest BCUT2D eigenvalue weighted by molar-refractivity contribution is -0.149. The highest BCUT2D eigenvalue weighted by molar-refractivity contribution is 7.18. The molecule has 1 aliphatic rings. The summed E-state index contributed by atoms with van der Waals surface area (Å²) in [4.78, 5) is 14.3. The molecule has 25 heavy (non-hydrogen) atoms. The molecular weight excluding hydrogens is 336 g/mol. The Hall–Kier alpha value is -2.51. The van der Waals surface area contributed by atoms with Crippen LogP contribution < -0.4 is 10.1 Å². The normalized spacial score (nSPS) is 15.4. The number of pyridine rings is 2. The van der Waals surface area contributed by atoms with Gasteiger partial charge in [0.15, 0.2) is 10.7 Å². The van der Waals surface area contributed by atoms with Crippen molar-refractivity contribution in [1.82, 2.24) is 15.0 Å². The lowest BCUT2D eigenvalue weighted by atomic mass is 10.1. The quantitative estimate of drug-likeness (QED) is 0.751. The number of anilines is 2. The fourth-order valence-electron chi connectivity index (χ4n) is 2.56. The van der Waals surface area contributed by atoms with Crippen LogP contribution in [0.1, 0.15) is 12.6 Å². The van der Waals surface area contributed by atoms with Crippen LogP contribution in [0, 0.1) is 6.92 Å². The van der Waals surface area contributed by atoms with Gasteiger partial charge in [-0.05, 0) is 26.0 Å². The van der Waals surface area contributed by atoms with E-state index in [0.29, 0.717) is 19.0 Å². The molecule has 7 heteroatoms. The van der Waals surface area contributed by atoms with Gasteiger partial charge in [-0.1, -0.05) is 17.4 Å². The Morgan fingerprint density at radius 3 is 2.84 bits per heavy atom. The summed E-state index contributed by atoms with van der Waals surface area (Å²) in [6.07, 6.45) is 3.59. The minimum atomic E-state index is -0.252. The Bertz CT molecular complexity index is 878. The van der Waals surface area contributed by atoms with Crippen molar-refractivity contribution in [3.63, 3.8) is 0 Å². The predicted octanol–water partition coefficient (Wildman–Crippen LogP) is 3.82. The van der Waals surface area contributed by atoms with Crippen molar-refractivity contribution in [3.8, 4) is 16.3 Å². The van der Waals surface area contributed by atoms with Crippen molar-refractivity contribution in [2.24, 2.45) is 0 Å². The third kappa shape index (κ3) is 3.62. The zero-order valence-corrected chi connectivity index (χ0v) is 14.8. The third-order valence-corrected chi connectivity index (χ3v) is 4.70. The smallest absolute Gasteiger partial charge is 0.188 e. The van der Waals surface area contributed by atoms with E-state index >= 15 is 0 Å². The molecule has 3 aromatic rings. The predicted molar refractivity (Wildman–Crippen MR) is 97.5 cm³/mol. The molecule has 4 heterocycles. The average Bonchev–Trinajstić information content (AvgIpc) is 3.02. The first kappa shape index (κ1) is 16.0. The van der Waals surface area contributed by atoms with Crippen LogP contribution in [-0.2, 0) is 4.74 Å². The molecule has 0 aliphatic carbocycles. The Labute approximate surface area is 149 Å². The van der Waals surface area contributed by atoms with Gasteiger partial charge >= 0.3 is 0 Å². The first-order valence-electron chi connectivity index (χ1n) is 7.99. The Balaban J connectivity index is 1.53. The molecule has 0 saturated carbocycles. The molecule has 0 aromatic carbocycles.